The Bertz CT molecular complexity index is 1730. The fourth-order valence-electron chi connectivity index (χ4n) is 5.88. The second-order valence-corrected chi connectivity index (χ2v) is 19.3. The third-order valence-corrected chi connectivity index (χ3v) is 15.1. The number of aromatic amines is 1. The first-order valence-electron chi connectivity index (χ1n) is 16.3. The zero-order valence-corrected chi connectivity index (χ0v) is 29.3. The molecule has 0 bridgehead atoms. The molecule has 0 aliphatic heterocycles. The summed E-state index contributed by atoms with van der Waals surface area (Å²) in [5, 5.41) is 18.8. The Morgan fingerprint density at radius 1 is 0.939 bits per heavy atom. The van der Waals surface area contributed by atoms with Crippen LogP contribution in [0.4, 0.5) is 35.3 Å². The number of nitrogens with one attached hydrogen (secondary N) is 3. The van der Waals surface area contributed by atoms with E-state index >= 15 is 0 Å². The van der Waals surface area contributed by atoms with E-state index in [4.69, 9.17) is 0 Å². The number of amides is 3. The number of tetrazole rings is 1. The number of carbonyl (C=O) groups excluding carboxylic acids is 2. The van der Waals surface area contributed by atoms with Gasteiger partial charge < -0.3 is 10.1 Å². The average Bonchev–Trinajstić information content (AvgIpc) is 3.57. The van der Waals surface area contributed by atoms with E-state index in [1.165, 1.54) is 37.0 Å². The van der Waals surface area contributed by atoms with Gasteiger partial charge in [0.2, 0.25) is 0 Å². The molecule has 4 aromatic rings. The number of alkyl halides is 3. The molecule has 1 aliphatic rings. The van der Waals surface area contributed by atoms with Gasteiger partial charge in [0.25, 0.3) is 11.9 Å². The molecule has 10 nitrogen and oxygen atoms in total. The van der Waals surface area contributed by atoms with Crippen LogP contribution in [0.5, 0.6) is 5.75 Å². The number of ether oxygens (including phenoxy) is 1. The molecule has 0 spiro atoms. The first-order chi connectivity index (χ1) is 23.1. The molecule has 14 heteroatoms. The molecule has 1 heterocycles. The summed E-state index contributed by atoms with van der Waals surface area (Å²) in [7, 11) is -2.55. The second kappa shape index (κ2) is 14.4. The first-order valence-corrected chi connectivity index (χ1v) is 19.3. The molecule has 1 fully saturated rings. The Labute approximate surface area is 284 Å². The maximum Gasteiger partial charge on any atom is 0.573 e. The van der Waals surface area contributed by atoms with Gasteiger partial charge in [-0.25, -0.2) is 4.79 Å². The molecule has 0 atom stereocenters. The van der Waals surface area contributed by atoms with Crippen molar-refractivity contribution in [1.29, 1.82) is 0 Å². The number of urea groups is 1. The van der Waals surface area contributed by atoms with E-state index in [1.54, 1.807) is 35.2 Å². The van der Waals surface area contributed by atoms with E-state index in [9.17, 15) is 22.8 Å². The SMILES string of the molecule is CC(C)(C)[Si](C)(C)c1cc(NC(=O)N(Cc2ccc(C(=O)Nc3nn[nH]n3)cc2)c2ccc(C3CCCCC3)cc2)ccc1OC(F)(F)F. The number of benzene rings is 3. The van der Waals surface area contributed by atoms with Crippen molar-refractivity contribution in [2.45, 2.75) is 89.8 Å². The summed E-state index contributed by atoms with van der Waals surface area (Å²) in [6, 6.07) is 18.6. The van der Waals surface area contributed by atoms with Gasteiger partial charge in [-0.3, -0.25) is 15.0 Å². The third-order valence-electron chi connectivity index (χ3n) is 9.66. The van der Waals surface area contributed by atoms with E-state index in [-0.39, 0.29) is 23.3 Å². The van der Waals surface area contributed by atoms with Gasteiger partial charge in [-0.05, 0) is 87.8 Å². The summed E-state index contributed by atoms with van der Waals surface area (Å²) < 4.78 is 44.7. The fourth-order valence-corrected chi connectivity index (χ4v) is 7.95. The van der Waals surface area contributed by atoms with Gasteiger partial charge >= 0.3 is 12.4 Å². The minimum Gasteiger partial charge on any atom is -0.406 e. The summed E-state index contributed by atoms with van der Waals surface area (Å²) in [6.45, 7) is 10.1. The Morgan fingerprint density at radius 2 is 1.61 bits per heavy atom. The van der Waals surface area contributed by atoms with Gasteiger partial charge in [-0.1, -0.05) is 82.5 Å². The molecule has 3 amide bonds. The molecule has 3 N–H and O–H groups in total. The number of halogens is 3. The van der Waals surface area contributed by atoms with Crippen molar-refractivity contribution in [1.82, 2.24) is 20.6 Å². The zero-order valence-electron chi connectivity index (χ0n) is 28.3. The van der Waals surface area contributed by atoms with Crippen LogP contribution < -0.4 is 25.5 Å². The lowest BCUT2D eigenvalue weighted by molar-refractivity contribution is -0.274. The lowest BCUT2D eigenvalue weighted by Crippen LogP contribution is -2.50. The topological polar surface area (TPSA) is 125 Å². The monoisotopic (exact) mass is 693 g/mol. The number of hydrogen-bond donors (Lipinski definition) is 3. The van der Waals surface area contributed by atoms with E-state index in [2.05, 4.69) is 48.1 Å². The molecule has 0 unspecified atom stereocenters. The molecule has 1 saturated carbocycles. The summed E-state index contributed by atoms with van der Waals surface area (Å²) in [5.74, 6) is -0.141. The van der Waals surface area contributed by atoms with Crippen molar-refractivity contribution < 1.29 is 27.5 Å². The predicted molar refractivity (Wildman–Crippen MR) is 186 cm³/mol. The highest BCUT2D eigenvalue weighted by Gasteiger charge is 2.41. The standard InChI is InChI=1S/C35H42F3N7O3Si/c1-34(2,3)49(4,5)30-21-27(17-20-29(30)48-35(36,37)38)39-33(47)45(28-18-15-25(16-19-28)24-9-7-6-8-10-24)22-23-11-13-26(14-12-23)31(46)40-32-41-43-44-42-32/h11-21,24H,6-10,22H2,1-5H3,(H,39,47)(H2,40,41,42,43,44,46). The minimum atomic E-state index is -4.86. The molecule has 0 radical (unpaired) electrons. The minimum absolute atomic E-state index is 0.0447. The molecule has 1 aliphatic carbocycles. The Morgan fingerprint density at radius 3 is 2.20 bits per heavy atom. The van der Waals surface area contributed by atoms with Crippen LogP contribution in [-0.2, 0) is 6.54 Å². The van der Waals surface area contributed by atoms with Gasteiger partial charge in [0.15, 0.2) is 0 Å². The zero-order chi connectivity index (χ0) is 35.4. The van der Waals surface area contributed by atoms with Crippen LogP contribution in [0.25, 0.3) is 0 Å². The van der Waals surface area contributed by atoms with Crippen molar-refractivity contribution in [2.24, 2.45) is 0 Å². The summed E-state index contributed by atoms with van der Waals surface area (Å²) in [6.07, 6.45) is 1.08. The highest BCUT2D eigenvalue weighted by Crippen LogP contribution is 2.39. The van der Waals surface area contributed by atoms with E-state index in [1.807, 2.05) is 46.0 Å². The molecule has 5 rings (SSSR count). The van der Waals surface area contributed by atoms with Gasteiger partial charge in [-0.15, -0.1) is 18.3 Å². The molecule has 1 aromatic heterocycles. The number of carbonyl (C=O) groups is 2. The van der Waals surface area contributed by atoms with Crippen molar-refractivity contribution in [2.75, 3.05) is 15.5 Å². The average molecular weight is 694 g/mol. The molecule has 260 valence electrons. The Kier molecular flexibility index (Phi) is 10.5. The van der Waals surface area contributed by atoms with Crippen LogP contribution in [0.15, 0.2) is 66.7 Å². The summed E-state index contributed by atoms with van der Waals surface area (Å²) in [4.78, 5) is 28.3. The van der Waals surface area contributed by atoms with Gasteiger partial charge in [0, 0.05) is 16.9 Å². The van der Waals surface area contributed by atoms with Crippen LogP contribution in [0, 0.1) is 0 Å². The van der Waals surface area contributed by atoms with Crippen LogP contribution in [0.2, 0.25) is 18.1 Å². The predicted octanol–water partition coefficient (Wildman–Crippen LogP) is 8.35. The smallest absolute Gasteiger partial charge is 0.406 e. The molecular weight excluding hydrogens is 652 g/mol. The third kappa shape index (κ3) is 8.85. The second-order valence-electron chi connectivity index (χ2n) is 14.0. The quantitative estimate of drug-likeness (QED) is 0.151. The van der Waals surface area contributed by atoms with Crippen molar-refractivity contribution in [3.63, 3.8) is 0 Å². The van der Waals surface area contributed by atoms with Gasteiger partial charge in [-0.2, -0.15) is 5.21 Å². The highest BCUT2D eigenvalue weighted by molar-refractivity contribution is 6.92. The number of hydrogen-bond acceptors (Lipinski definition) is 6. The molecule has 49 heavy (non-hydrogen) atoms. The molecular formula is C35H42F3N7O3Si. The van der Waals surface area contributed by atoms with E-state index < -0.39 is 26.4 Å². The molecule has 0 saturated heterocycles. The number of H-pyrrole nitrogens is 1. The Hall–Kier alpha value is -4.72. The van der Waals surface area contributed by atoms with Crippen molar-refractivity contribution >= 4 is 42.5 Å². The largest absolute Gasteiger partial charge is 0.573 e. The van der Waals surface area contributed by atoms with Crippen molar-refractivity contribution in [3.05, 3.63) is 83.4 Å². The number of rotatable bonds is 9. The van der Waals surface area contributed by atoms with Gasteiger partial charge in [0.1, 0.15) is 5.75 Å². The van der Waals surface area contributed by atoms with Crippen LogP contribution in [0.1, 0.15) is 80.3 Å². The number of nitrogens with zero attached hydrogens (tertiary/aromatic N) is 4. The van der Waals surface area contributed by atoms with Crippen LogP contribution in [-0.4, -0.2) is 47.0 Å². The van der Waals surface area contributed by atoms with Crippen LogP contribution >= 0.6 is 0 Å². The fraction of sp³-hybridized carbons (Fsp3) is 0.400. The van der Waals surface area contributed by atoms with E-state index in [0.29, 0.717) is 28.0 Å². The number of aromatic nitrogens is 4. The van der Waals surface area contributed by atoms with Crippen LogP contribution in [0.3, 0.4) is 0 Å². The lowest BCUT2D eigenvalue weighted by atomic mass is 9.84. The highest BCUT2D eigenvalue weighted by atomic mass is 28.3. The summed E-state index contributed by atoms with van der Waals surface area (Å²) >= 11 is 0. The maximum atomic E-state index is 14.1. The Balaban J connectivity index is 1.43. The normalized spacial score (nSPS) is 14.3. The number of anilines is 3. The maximum absolute atomic E-state index is 14.1. The lowest BCUT2D eigenvalue weighted by Gasteiger charge is -2.38. The van der Waals surface area contributed by atoms with E-state index in [0.717, 1.165) is 18.4 Å². The first kappa shape index (κ1) is 35.6. The van der Waals surface area contributed by atoms with Gasteiger partial charge in [0.05, 0.1) is 14.6 Å². The summed E-state index contributed by atoms with van der Waals surface area (Å²) in [5.41, 5.74) is 3.36. The van der Waals surface area contributed by atoms with Crippen molar-refractivity contribution in [3.8, 4) is 5.75 Å². The molecule has 3 aromatic carbocycles.